The molecule has 1 heterocycles. The first-order valence-electron chi connectivity index (χ1n) is 5.83. The monoisotopic (exact) mass is 233 g/mol. The van der Waals surface area contributed by atoms with Gasteiger partial charge in [0.25, 0.3) is 0 Å². The highest BCUT2D eigenvalue weighted by Gasteiger charge is 2.15. The van der Waals surface area contributed by atoms with Crippen LogP contribution in [0, 0.1) is 24.2 Å². The Labute approximate surface area is 102 Å². The Morgan fingerprint density at radius 2 is 2.18 bits per heavy atom. The quantitative estimate of drug-likeness (QED) is 0.817. The van der Waals surface area contributed by atoms with Gasteiger partial charge in [0.2, 0.25) is 0 Å². The summed E-state index contributed by atoms with van der Waals surface area (Å²) in [7, 11) is 0. The minimum Gasteiger partial charge on any atom is -0.396 e. The Balaban J connectivity index is 2.92. The lowest BCUT2D eigenvalue weighted by Crippen LogP contribution is -2.27. The van der Waals surface area contributed by atoms with E-state index in [-0.39, 0.29) is 12.6 Å². The van der Waals surface area contributed by atoms with Gasteiger partial charge >= 0.3 is 0 Å². The normalized spacial score (nSPS) is 12.2. The molecule has 0 fully saturated rings. The first kappa shape index (κ1) is 13.5. The summed E-state index contributed by atoms with van der Waals surface area (Å²) in [5, 5.41) is 21.3. The Bertz CT molecular complexity index is 410. The fourth-order valence-electron chi connectivity index (χ4n) is 1.64. The number of rotatable bonds is 5. The van der Waals surface area contributed by atoms with Crippen LogP contribution in [-0.4, -0.2) is 22.7 Å². The van der Waals surface area contributed by atoms with Crippen molar-refractivity contribution in [1.82, 2.24) is 4.98 Å². The highest BCUT2D eigenvalue weighted by Crippen LogP contribution is 2.17. The molecular formula is C13H19N3O. The molecule has 4 nitrogen and oxygen atoms in total. The Morgan fingerprint density at radius 3 is 2.71 bits per heavy atom. The molecule has 1 rings (SSSR count). The summed E-state index contributed by atoms with van der Waals surface area (Å²) >= 11 is 0. The highest BCUT2D eigenvalue weighted by atomic mass is 16.3. The molecule has 0 aliphatic carbocycles. The molecule has 0 bridgehead atoms. The third-order valence-electron chi connectivity index (χ3n) is 2.72. The van der Waals surface area contributed by atoms with Crippen LogP contribution in [0.25, 0.3) is 0 Å². The van der Waals surface area contributed by atoms with Gasteiger partial charge in [-0.05, 0) is 31.4 Å². The number of aliphatic hydroxyl groups is 1. The van der Waals surface area contributed by atoms with Gasteiger partial charge in [-0.2, -0.15) is 5.26 Å². The van der Waals surface area contributed by atoms with Gasteiger partial charge in [0.05, 0.1) is 5.56 Å². The van der Waals surface area contributed by atoms with Gasteiger partial charge in [0.15, 0.2) is 0 Å². The van der Waals surface area contributed by atoms with E-state index in [2.05, 4.69) is 30.2 Å². The highest BCUT2D eigenvalue weighted by molar-refractivity contribution is 5.52. The van der Waals surface area contributed by atoms with Crippen molar-refractivity contribution in [2.45, 2.75) is 33.2 Å². The molecule has 1 aromatic heterocycles. The molecule has 1 atom stereocenters. The molecule has 0 aliphatic rings. The molecule has 17 heavy (non-hydrogen) atoms. The number of aryl methyl sites for hydroxylation is 1. The minimum atomic E-state index is 0.126. The van der Waals surface area contributed by atoms with Crippen LogP contribution in [0.1, 0.15) is 31.5 Å². The number of hydrogen-bond acceptors (Lipinski definition) is 4. The zero-order chi connectivity index (χ0) is 12.8. The van der Waals surface area contributed by atoms with Crippen LogP contribution < -0.4 is 5.32 Å². The lowest BCUT2D eigenvalue weighted by Gasteiger charge is -2.22. The van der Waals surface area contributed by atoms with E-state index in [1.165, 1.54) is 0 Å². The van der Waals surface area contributed by atoms with Crippen LogP contribution in [-0.2, 0) is 0 Å². The fourth-order valence-corrected chi connectivity index (χ4v) is 1.64. The van der Waals surface area contributed by atoms with Gasteiger partial charge in [-0.25, -0.2) is 4.98 Å². The number of pyridine rings is 1. The molecule has 4 heteroatoms. The van der Waals surface area contributed by atoms with E-state index in [9.17, 15) is 0 Å². The van der Waals surface area contributed by atoms with Crippen molar-refractivity contribution in [3.05, 3.63) is 23.4 Å². The van der Waals surface area contributed by atoms with Crippen molar-refractivity contribution in [2.24, 2.45) is 5.92 Å². The van der Waals surface area contributed by atoms with Crippen molar-refractivity contribution in [3.8, 4) is 6.07 Å². The number of nitrogens with zero attached hydrogens (tertiary/aromatic N) is 2. The number of anilines is 1. The number of nitriles is 1. The van der Waals surface area contributed by atoms with E-state index >= 15 is 0 Å². The second-order valence-electron chi connectivity index (χ2n) is 4.47. The van der Waals surface area contributed by atoms with Crippen molar-refractivity contribution < 1.29 is 5.11 Å². The summed E-state index contributed by atoms with van der Waals surface area (Å²) in [6, 6.07) is 5.83. The maximum atomic E-state index is 9.02. The maximum absolute atomic E-state index is 9.02. The van der Waals surface area contributed by atoms with Crippen molar-refractivity contribution in [1.29, 1.82) is 5.26 Å². The third-order valence-corrected chi connectivity index (χ3v) is 2.72. The third kappa shape index (κ3) is 3.72. The maximum Gasteiger partial charge on any atom is 0.144 e. The molecule has 0 radical (unpaired) electrons. The van der Waals surface area contributed by atoms with Crippen LogP contribution in [0.3, 0.4) is 0 Å². The van der Waals surface area contributed by atoms with Crippen molar-refractivity contribution in [3.63, 3.8) is 0 Å². The first-order valence-corrected chi connectivity index (χ1v) is 5.83. The second-order valence-corrected chi connectivity index (χ2v) is 4.47. The Kier molecular flexibility index (Phi) is 4.92. The van der Waals surface area contributed by atoms with Crippen LogP contribution in [0.4, 0.5) is 5.82 Å². The minimum absolute atomic E-state index is 0.126. The molecule has 0 aromatic carbocycles. The van der Waals surface area contributed by atoms with Crippen molar-refractivity contribution in [2.75, 3.05) is 11.9 Å². The molecular weight excluding hydrogens is 214 g/mol. The predicted octanol–water partition coefficient (Wildman–Crippen LogP) is 2.08. The lowest BCUT2D eigenvalue weighted by atomic mass is 10.0. The van der Waals surface area contributed by atoms with Crippen LogP contribution in [0.15, 0.2) is 12.1 Å². The summed E-state index contributed by atoms with van der Waals surface area (Å²) in [5.41, 5.74) is 1.41. The van der Waals surface area contributed by atoms with E-state index in [1.807, 2.05) is 13.0 Å². The van der Waals surface area contributed by atoms with E-state index in [0.29, 0.717) is 23.7 Å². The largest absolute Gasteiger partial charge is 0.396 e. The summed E-state index contributed by atoms with van der Waals surface area (Å²) in [6.45, 7) is 6.18. The van der Waals surface area contributed by atoms with Crippen molar-refractivity contribution >= 4 is 5.82 Å². The lowest BCUT2D eigenvalue weighted by molar-refractivity contribution is 0.267. The average Bonchev–Trinajstić information content (AvgIpc) is 2.28. The van der Waals surface area contributed by atoms with Gasteiger partial charge in [0.1, 0.15) is 11.9 Å². The molecule has 0 amide bonds. The van der Waals surface area contributed by atoms with E-state index in [1.54, 1.807) is 6.07 Å². The summed E-state index contributed by atoms with van der Waals surface area (Å²) in [6.07, 6.45) is 0.651. The Hall–Kier alpha value is -1.60. The molecule has 0 saturated heterocycles. The number of aromatic nitrogens is 1. The summed E-state index contributed by atoms with van der Waals surface area (Å²) in [4.78, 5) is 4.33. The standard InChI is InChI=1S/C13H19N3O/c1-9(2)12(6-7-17)16-13-11(8-14)5-4-10(3)15-13/h4-5,9,12,17H,6-7H2,1-3H3,(H,15,16). The number of hydrogen-bond donors (Lipinski definition) is 2. The molecule has 0 saturated carbocycles. The first-order chi connectivity index (χ1) is 8.08. The van der Waals surface area contributed by atoms with Gasteiger partial charge in [-0.3, -0.25) is 0 Å². The zero-order valence-corrected chi connectivity index (χ0v) is 10.6. The molecule has 1 aromatic rings. The molecule has 1 unspecified atom stereocenters. The van der Waals surface area contributed by atoms with Gasteiger partial charge in [0, 0.05) is 18.3 Å². The van der Waals surface area contributed by atoms with E-state index in [0.717, 1.165) is 5.69 Å². The summed E-state index contributed by atoms with van der Waals surface area (Å²) < 4.78 is 0. The van der Waals surface area contributed by atoms with Gasteiger partial charge < -0.3 is 10.4 Å². The van der Waals surface area contributed by atoms with Crippen LogP contribution >= 0.6 is 0 Å². The van der Waals surface area contributed by atoms with E-state index in [4.69, 9.17) is 10.4 Å². The number of aliphatic hydroxyl groups excluding tert-OH is 1. The number of nitrogens with one attached hydrogen (secondary N) is 1. The zero-order valence-electron chi connectivity index (χ0n) is 10.6. The van der Waals surface area contributed by atoms with E-state index < -0.39 is 0 Å². The second kappa shape index (κ2) is 6.21. The van der Waals surface area contributed by atoms with Crippen LogP contribution in [0.5, 0.6) is 0 Å². The SMILES string of the molecule is Cc1ccc(C#N)c(NC(CCO)C(C)C)n1. The smallest absolute Gasteiger partial charge is 0.144 e. The molecule has 0 spiro atoms. The molecule has 0 aliphatic heterocycles. The van der Waals surface area contributed by atoms with Gasteiger partial charge in [-0.1, -0.05) is 13.8 Å². The average molecular weight is 233 g/mol. The van der Waals surface area contributed by atoms with Crippen LogP contribution in [0.2, 0.25) is 0 Å². The molecule has 92 valence electrons. The Morgan fingerprint density at radius 1 is 1.47 bits per heavy atom. The topological polar surface area (TPSA) is 68.9 Å². The predicted molar refractivity (Wildman–Crippen MR) is 67.6 cm³/mol. The summed E-state index contributed by atoms with van der Waals surface area (Å²) in [5.74, 6) is 0.982. The fraction of sp³-hybridized carbons (Fsp3) is 0.538. The molecule has 2 N–H and O–H groups in total. The van der Waals surface area contributed by atoms with Gasteiger partial charge in [-0.15, -0.1) is 0 Å².